The van der Waals surface area contributed by atoms with Crippen LogP contribution in [0.2, 0.25) is 5.02 Å². The minimum absolute atomic E-state index is 0.0171. The van der Waals surface area contributed by atoms with Crippen LogP contribution >= 0.6 is 11.6 Å². The van der Waals surface area contributed by atoms with E-state index in [4.69, 9.17) is 26.8 Å². The van der Waals surface area contributed by atoms with Crippen LogP contribution in [0.1, 0.15) is 30.9 Å². The van der Waals surface area contributed by atoms with Gasteiger partial charge < -0.3 is 25.8 Å². The molecule has 1 fully saturated rings. The molecule has 3 heterocycles. The van der Waals surface area contributed by atoms with E-state index in [-0.39, 0.29) is 21.7 Å². The van der Waals surface area contributed by atoms with Crippen LogP contribution in [0.15, 0.2) is 35.2 Å². The molecule has 36 heavy (non-hydrogen) atoms. The van der Waals surface area contributed by atoms with Gasteiger partial charge in [-0.1, -0.05) is 23.7 Å². The Morgan fingerprint density at radius 3 is 2.50 bits per heavy atom. The number of hydrogen-bond acceptors (Lipinski definition) is 9. The third-order valence-corrected chi connectivity index (χ3v) is 9.01. The maximum atomic E-state index is 12.9. The van der Waals surface area contributed by atoms with E-state index in [0.717, 1.165) is 24.2 Å². The van der Waals surface area contributed by atoms with Gasteiger partial charge in [0.05, 0.1) is 15.8 Å². The fourth-order valence-corrected chi connectivity index (χ4v) is 5.89. The van der Waals surface area contributed by atoms with Crippen LogP contribution < -0.4 is 25.8 Å². The number of hydrogen-bond donors (Lipinski definition) is 3. The van der Waals surface area contributed by atoms with Crippen molar-refractivity contribution in [1.82, 2.24) is 15.3 Å². The number of ether oxygens (including phenoxy) is 2. The van der Waals surface area contributed by atoms with Gasteiger partial charge in [-0.15, -0.1) is 0 Å². The predicted octanol–water partition coefficient (Wildman–Crippen LogP) is 4.07. The van der Waals surface area contributed by atoms with Crippen molar-refractivity contribution >= 4 is 38.9 Å². The summed E-state index contributed by atoms with van der Waals surface area (Å²) in [4.78, 5) is 8.86. The maximum Gasteiger partial charge on any atom is 0.222 e. The number of para-hydroxylation sites is 1. The van der Waals surface area contributed by atoms with E-state index in [1.807, 2.05) is 13.0 Å². The number of nitrogens with zero attached hydrogens (tertiary/aromatic N) is 2. The molecule has 0 atom stereocenters. The van der Waals surface area contributed by atoms with Crippen molar-refractivity contribution in [3.8, 4) is 22.8 Å². The molecule has 2 aromatic carbocycles. The van der Waals surface area contributed by atoms with Gasteiger partial charge in [-0.3, -0.25) is 0 Å². The van der Waals surface area contributed by atoms with E-state index in [9.17, 15) is 8.42 Å². The van der Waals surface area contributed by atoms with Crippen LogP contribution in [0, 0.1) is 6.92 Å². The molecule has 2 aliphatic heterocycles. The minimum Gasteiger partial charge on any atom is -0.486 e. The predicted molar refractivity (Wildman–Crippen MR) is 140 cm³/mol. The monoisotopic (exact) mass is 529 g/mol. The number of sulfone groups is 1. The number of anilines is 3. The van der Waals surface area contributed by atoms with Gasteiger partial charge in [0.1, 0.15) is 23.9 Å². The Kier molecular flexibility index (Phi) is 6.44. The second kappa shape index (κ2) is 9.42. The molecule has 0 unspecified atom stereocenters. The average molecular weight is 530 g/mol. The second-order valence-corrected chi connectivity index (χ2v) is 12.0. The molecule has 0 amide bonds. The summed E-state index contributed by atoms with van der Waals surface area (Å²) < 4.78 is 38.0. The molecule has 1 saturated heterocycles. The Labute approximate surface area is 215 Å². The average Bonchev–Trinajstić information content (AvgIpc) is 2.81. The topological polar surface area (TPSA) is 128 Å². The number of halogens is 1. The Balaban J connectivity index is 1.63. The summed E-state index contributed by atoms with van der Waals surface area (Å²) in [7, 11) is -3.56. The summed E-state index contributed by atoms with van der Waals surface area (Å²) in [5, 5.41) is 5.97. The lowest BCUT2D eigenvalue weighted by molar-refractivity contribution is 0.168. The van der Waals surface area contributed by atoms with Crippen LogP contribution in [0.5, 0.6) is 11.5 Å². The van der Waals surface area contributed by atoms with Gasteiger partial charge in [0.2, 0.25) is 5.95 Å². The molecule has 190 valence electrons. The number of rotatable bonds is 6. The lowest BCUT2D eigenvalue weighted by Gasteiger charge is -2.33. The molecule has 9 nitrogen and oxygen atoms in total. The van der Waals surface area contributed by atoms with E-state index in [1.54, 1.807) is 38.1 Å². The number of aromatic nitrogens is 2. The van der Waals surface area contributed by atoms with Gasteiger partial charge >= 0.3 is 0 Å². The van der Waals surface area contributed by atoms with Crippen molar-refractivity contribution in [3.63, 3.8) is 0 Å². The first-order chi connectivity index (χ1) is 17.2. The molecule has 0 bridgehead atoms. The zero-order chi connectivity index (χ0) is 25.6. The number of nitrogens with one attached hydrogen (secondary N) is 2. The standard InChI is InChI=1S/C25H28ClN5O4S/c1-13(2)36(32,33)18-7-5-4-6-17(18)29-24-20(26)21(30-25(27)31-24)16-10-14(3)19(15-11-28-12-15)23-22(16)34-8-9-35-23/h4-7,10,13,15,28H,8-9,11-12H2,1-3H3,(H3,27,29,30,31). The Hall–Kier alpha value is -3.08. The lowest BCUT2D eigenvalue weighted by Crippen LogP contribution is -2.40. The SMILES string of the molecule is Cc1cc(-c2nc(N)nc(Nc3ccccc3S(=O)(=O)C(C)C)c2Cl)c2c(c1C1CNC1)OCCO2. The maximum absolute atomic E-state index is 12.9. The molecule has 11 heteroatoms. The fourth-order valence-electron chi connectivity index (χ4n) is 4.46. The molecule has 4 N–H and O–H groups in total. The van der Waals surface area contributed by atoms with Crippen molar-refractivity contribution < 1.29 is 17.9 Å². The summed E-state index contributed by atoms with van der Waals surface area (Å²) in [6.07, 6.45) is 0. The zero-order valence-electron chi connectivity index (χ0n) is 20.3. The summed E-state index contributed by atoms with van der Waals surface area (Å²) in [5.41, 5.74) is 9.62. The Morgan fingerprint density at radius 1 is 1.14 bits per heavy atom. The van der Waals surface area contributed by atoms with Crippen molar-refractivity contribution in [2.75, 3.05) is 37.4 Å². The van der Waals surface area contributed by atoms with Crippen molar-refractivity contribution in [1.29, 1.82) is 0 Å². The van der Waals surface area contributed by atoms with Crippen LogP contribution in [0.25, 0.3) is 11.3 Å². The molecule has 5 rings (SSSR count). The number of aryl methyl sites for hydroxylation is 1. The highest BCUT2D eigenvalue weighted by molar-refractivity contribution is 7.92. The van der Waals surface area contributed by atoms with Crippen molar-refractivity contribution in [2.24, 2.45) is 0 Å². The highest BCUT2D eigenvalue weighted by atomic mass is 35.5. The molecule has 0 aliphatic carbocycles. The minimum atomic E-state index is -3.56. The van der Waals surface area contributed by atoms with Gasteiger partial charge in [0.15, 0.2) is 27.2 Å². The quantitative estimate of drug-likeness (QED) is 0.432. The van der Waals surface area contributed by atoms with E-state index < -0.39 is 15.1 Å². The van der Waals surface area contributed by atoms with Gasteiger partial charge in [0, 0.05) is 30.1 Å². The first-order valence-electron chi connectivity index (χ1n) is 11.8. The van der Waals surface area contributed by atoms with Crippen LogP contribution in [-0.2, 0) is 9.84 Å². The molecule has 0 spiro atoms. The van der Waals surface area contributed by atoms with E-state index >= 15 is 0 Å². The molecule has 3 aromatic rings. The number of fused-ring (bicyclic) bond motifs is 1. The van der Waals surface area contributed by atoms with Crippen LogP contribution in [-0.4, -0.2) is 49.9 Å². The summed E-state index contributed by atoms with van der Waals surface area (Å²) in [6, 6.07) is 8.60. The first-order valence-corrected chi connectivity index (χ1v) is 13.7. The second-order valence-electron chi connectivity index (χ2n) is 9.17. The van der Waals surface area contributed by atoms with Crippen LogP contribution in [0.3, 0.4) is 0 Å². The number of benzene rings is 2. The summed E-state index contributed by atoms with van der Waals surface area (Å²) in [5.74, 6) is 1.80. The van der Waals surface area contributed by atoms with Gasteiger partial charge in [0.25, 0.3) is 0 Å². The molecule has 0 saturated carbocycles. The lowest BCUT2D eigenvalue weighted by atomic mass is 9.87. The third kappa shape index (κ3) is 4.23. The highest BCUT2D eigenvalue weighted by Gasteiger charge is 2.32. The van der Waals surface area contributed by atoms with Gasteiger partial charge in [-0.2, -0.15) is 4.98 Å². The normalized spacial score (nSPS) is 15.6. The van der Waals surface area contributed by atoms with Crippen LogP contribution in [0.4, 0.5) is 17.5 Å². The molecular formula is C25H28ClN5O4S. The number of nitrogen functional groups attached to an aromatic ring is 1. The molecular weight excluding hydrogens is 502 g/mol. The fraction of sp³-hybridized carbons (Fsp3) is 0.360. The van der Waals surface area contributed by atoms with Gasteiger partial charge in [-0.05, 0) is 44.5 Å². The van der Waals surface area contributed by atoms with E-state index in [0.29, 0.717) is 47.6 Å². The molecule has 2 aliphatic rings. The highest BCUT2D eigenvalue weighted by Crippen LogP contribution is 2.49. The third-order valence-electron chi connectivity index (χ3n) is 6.44. The Morgan fingerprint density at radius 2 is 1.83 bits per heavy atom. The Bertz CT molecular complexity index is 1440. The van der Waals surface area contributed by atoms with Gasteiger partial charge in [-0.25, -0.2) is 13.4 Å². The largest absolute Gasteiger partial charge is 0.486 e. The summed E-state index contributed by atoms with van der Waals surface area (Å²) in [6.45, 7) is 7.91. The summed E-state index contributed by atoms with van der Waals surface area (Å²) >= 11 is 6.83. The van der Waals surface area contributed by atoms with Crippen molar-refractivity contribution in [3.05, 3.63) is 46.5 Å². The zero-order valence-corrected chi connectivity index (χ0v) is 21.8. The molecule has 1 aromatic heterocycles. The molecule has 0 radical (unpaired) electrons. The van der Waals surface area contributed by atoms with E-state index in [1.165, 1.54) is 0 Å². The first kappa shape index (κ1) is 24.6. The van der Waals surface area contributed by atoms with E-state index in [2.05, 4.69) is 20.6 Å². The smallest absolute Gasteiger partial charge is 0.222 e. The number of nitrogens with two attached hydrogens (primary N) is 1. The van der Waals surface area contributed by atoms with Crippen molar-refractivity contribution in [2.45, 2.75) is 36.8 Å².